The van der Waals surface area contributed by atoms with Crippen molar-refractivity contribution in [2.24, 2.45) is 0 Å². The van der Waals surface area contributed by atoms with Crippen LogP contribution in [-0.4, -0.2) is 45.6 Å². The highest BCUT2D eigenvalue weighted by atomic mass is 16.4. The number of aromatic nitrogens is 1. The Morgan fingerprint density at radius 1 is 1.06 bits per heavy atom. The second kappa shape index (κ2) is 8.99. The lowest BCUT2D eigenvalue weighted by molar-refractivity contribution is -0.137. The molecule has 2 aliphatic rings. The van der Waals surface area contributed by atoms with Gasteiger partial charge in [-0.25, -0.2) is 4.79 Å². The van der Waals surface area contributed by atoms with E-state index in [1.807, 2.05) is 13.8 Å². The lowest BCUT2D eigenvalue weighted by Crippen LogP contribution is -2.45. The Bertz CT molecular complexity index is 1300. The normalized spacial score (nSPS) is 20.2. The third kappa shape index (κ3) is 4.16. The summed E-state index contributed by atoms with van der Waals surface area (Å²) in [6.45, 7) is 10.6. The van der Waals surface area contributed by atoms with Gasteiger partial charge in [0, 0.05) is 35.4 Å². The van der Waals surface area contributed by atoms with Crippen molar-refractivity contribution in [2.45, 2.75) is 83.7 Å². The molecule has 0 spiro atoms. The van der Waals surface area contributed by atoms with Crippen LogP contribution in [0.2, 0.25) is 0 Å². The van der Waals surface area contributed by atoms with E-state index in [9.17, 15) is 14.7 Å². The first-order valence-corrected chi connectivity index (χ1v) is 13.1. The maximum Gasteiger partial charge on any atom is 0.404 e. The molecule has 6 heteroatoms. The molecule has 190 valence electrons. The lowest BCUT2D eigenvalue weighted by atomic mass is 9.81. The van der Waals surface area contributed by atoms with Crippen LogP contribution in [0.15, 0.2) is 36.4 Å². The lowest BCUT2D eigenvalue weighted by Gasteiger charge is -2.33. The van der Waals surface area contributed by atoms with Crippen molar-refractivity contribution in [1.82, 2.24) is 15.2 Å². The fraction of sp³-hybridized carbons (Fsp3) is 0.467. The number of nitrogens with one attached hydrogen (secondary N) is 2. The van der Waals surface area contributed by atoms with Crippen LogP contribution in [0.25, 0.3) is 22.2 Å². The van der Waals surface area contributed by atoms with E-state index in [2.05, 4.69) is 72.4 Å². The Morgan fingerprint density at radius 2 is 1.67 bits per heavy atom. The maximum absolute atomic E-state index is 13.8. The molecule has 2 bridgehead atoms. The molecule has 3 heterocycles. The topological polar surface area (TPSA) is 85.4 Å². The zero-order valence-corrected chi connectivity index (χ0v) is 21.9. The van der Waals surface area contributed by atoms with E-state index < -0.39 is 11.5 Å². The van der Waals surface area contributed by atoms with Gasteiger partial charge < -0.3 is 20.3 Å². The Morgan fingerprint density at radius 3 is 2.25 bits per heavy atom. The van der Waals surface area contributed by atoms with Gasteiger partial charge in [0.15, 0.2) is 0 Å². The van der Waals surface area contributed by atoms with Crippen molar-refractivity contribution in [3.05, 3.63) is 58.7 Å². The van der Waals surface area contributed by atoms with E-state index in [-0.39, 0.29) is 11.8 Å². The average Bonchev–Trinajstić information content (AvgIpc) is 3.53. The number of hydrogen-bond donors (Lipinski definition) is 3. The van der Waals surface area contributed by atoms with E-state index in [1.165, 1.54) is 11.1 Å². The number of carbonyl (C=O) groups excluding carboxylic acids is 1. The number of amides is 2. The van der Waals surface area contributed by atoms with Gasteiger partial charge in [-0.05, 0) is 94.3 Å². The second-order valence-corrected chi connectivity index (χ2v) is 11.4. The number of aromatic amines is 1. The summed E-state index contributed by atoms with van der Waals surface area (Å²) in [6, 6.07) is 13.6. The Kier molecular flexibility index (Phi) is 6.09. The van der Waals surface area contributed by atoms with Crippen LogP contribution in [0.4, 0.5) is 4.79 Å². The van der Waals surface area contributed by atoms with Crippen LogP contribution in [0.3, 0.4) is 0 Å². The third-order valence-corrected chi connectivity index (χ3v) is 8.35. The Labute approximate surface area is 213 Å². The molecule has 2 aliphatic heterocycles. The van der Waals surface area contributed by atoms with Gasteiger partial charge in [-0.3, -0.25) is 4.79 Å². The minimum atomic E-state index is -1.03. The van der Waals surface area contributed by atoms with E-state index in [0.717, 1.165) is 59.0 Å². The van der Waals surface area contributed by atoms with Crippen molar-refractivity contribution in [3.63, 3.8) is 0 Å². The monoisotopic (exact) mass is 487 g/mol. The van der Waals surface area contributed by atoms with Crippen molar-refractivity contribution in [2.75, 3.05) is 6.54 Å². The summed E-state index contributed by atoms with van der Waals surface area (Å²) in [4.78, 5) is 30.9. The van der Waals surface area contributed by atoms with Crippen molar-refractivity contribution >= 4 is 22.9 Å². The fourth-order valence-electron chi connectivity index (χ4n) is 6.49. The van der Waals surface area contributed by atoms with Gasteiger partial charge in [-0.1, -0.05) is 30.2 Å². The number of rotatable bonds is 6. The van der Waals surface area contributed by atoms with Gasteiger partial charge in [-0.15, -0.1) is 0 Å². The molecule has 0 saturated carbocycles. The number of aryl methyl sites for hydroxylation is 2. The predicted molar refractivity (Wildman–Crippen MR) is 144 cm³/mol. The highest BCUT2D eigenvalue weighted by molar-refractivity contribution is 5.95. The van der Waals surface area contributed by atoms with E-state index in [4.69, 9.17) is 0 Å². The molecule has 2 aromatic carbocycles. The third-order valence-electron chi connectivity index (χ3n) is 8.35. The molecule has 6 nitrogen and oxygen atoms in total. The zero-order valence-electron chi connectivity index (χ0n) is 21.9. The van der Waals surface area contributed by atoms with Crippen molar-refractivity contribution < 1.29 is 14.7 Å². The molecule has 1 aromatic heterocycles. The molecule has 0 aliphatic carbocycles. The summed E-state index contributed by atoms with van der Waals surface area (Å²) in [6.07, 6.45) is 3.48. The molecule has 1 atom stereocenters. The number of hydrogen-bond acceptors (Lipinski definition) is 2. The quantitative estimate of drug-likeness (QED) is 0.384. The molecule has 0 unspecified atom stereocenters. The maximum atomic E-state index is 13.8. The summed E-state index contributed by atoms with van der Waals surface area (Å²) >= 11 is 0. The summed E-state index contributed by atoms with van der Waals surface area (Å²) in [7, 11) is 0. The molecular formula is C30H37N3O3. The Balaban J connectivity index is 1.61. The molecule has 5 rings (SSSR count). The van der Waals surface area contributed by atoms with E-state index >= 15 is 0 Å². The zero-order chi connectivity index (χ0) is 25.8. The predicted octanol–water partition coefficient (Wildman–Crippen LogP) is 6.25. The highest BCUT2D eigenvalue weighted by Gasteiger charge is 2.47. The standard InChI is InChI=1S/C30H37N3O3/c1-17-12-18(2)14-20(13-17)27-26(19(3)16-31-29(35)36)24-15-21(6-11-25(24)32-27)30(4,5)28(34)33-22-7-8-23(33)10-9-22/h6,11-15,19,22-23,31-32H,7-10,16H2,1-5H3,(H,35,36)/t19-,22?,23?/m1/s1. The van der Waals surface area contributed by atoms with Gasteiger partial charge in [0.05, 0.1) is 11.1 Å². The smallest absolute Gasteiger partial charge is 0.404 e. The molecule has 2 amide bonds. The van der Waals surface area contributed by atoms with Crippen molar-refractivity contribution in [3.8, 4) is 11.3 Å². The number of carbonyl (C=O) groups is 2. The number of H-pyrrole nitrogens is 1. The van der Waals surface area contributed by atoms with Crippen LogP contribution in [0.5, 0.6) is 0 Å². The Hall–Kier alpha value is -3.28. The average molecular weight is 488 g/mol. The molecular weight excluding hydrogens is 450 g/mol. The van der Waals surface area contributed by atoms with Crippen LogP contribution in [-0.2, 0) is 10.2 Å². The molecule has 3 aromatic rings. The number of carboxylic acid groups (broad SMARTS) is 1. The first-order valence-electron chi connectivity index (χ1n) is 13.1. The number of fused-ring (bicyclic) bond motifs is 3. The van der Waals surface area contributed by atoms with Gasteiger partial charge in [0.25, 0.3) is 0 Å². The van der Waals surface area contributed by atoms with Gasteiger partial charge >= 0.3 is 6.09 Å². The molecule has 2 saturated heterocycles. The summed E-state index contributed by atoms with van der Waals surface area (Å²) in [5.41, 5.74) is 6.89. The van der Waals surface area contributed by atoms with Crippen molar-refractivity contribution in [1.29, 1.82) is 0 Å². The van der Waals surface area contributed by atoms with Gasteiger partial charge in [0.1, 0.15) is 0 Å². The molecule has 3 N–H and O–H groups in total. The molecule has 0 radical (unpaired) electrons. The largest absolute Gasteiger partial charge is 0.465 e. The minimum absolute atomic E-state index is 0.0610. The van der Waals surface area contributed by atoms with Gasteiger partial charge in [0.2, 0.25) is 5.91 Å². The van der Waals surface area contributed by atoms with Gasteiger partial charge in [-0.2, -0.15) is 0 Å². The van der Waals surface area contributed by atoms with Crippen LogP contribution >= 0.6 is 0 Å². The van der Waals surface area contributed by atoms with E-state index in [1.54, 1.807) is 0 Å². The number of nitrogens with zero attached hydrogens (tertiary/aromatic N) is 1. The first kappa shape index (κ1) is 24.4. The SMILES string of the molecule is Cc1cc(C)cc(-c2[nH]c3ccc(C(C)(C)C(=O)N4C5CCC4CC5)cc3c2[C@H](C)CNC(=O)O)c1. The van der Waals surface area contributed by atoms with Crippen LogP contribution in [0, 0.1) is 13.8 Å². The first-order chi connectivity index (χ1) is 17.1. The van der Waals surface area contributed by atoms with Crippen LogP contribution < -0.4 is 5.32 Å². The summed E-state index contributed by atoms with van der Waals surface area (Å²) < 4.78 is 0. The second-order valence-electron chi connectivity index (χ2n) is 11.4. The highest BCUT2D eigenvalue weighted by Crippen LogP contribution is 2.42. The van der Waals surface area contributed by atoms with Crippen LogP contribution in [0.1, 0.15) is 74.6 Å². The summed E-state index contributed by atoms with van der Waals surface area (Å²) in [5, 5.41) is 12.8. The molecule has 2 fully saturated rings. The minimum Gasteiger partial charge on any atom is -0.465 e. The number of benzene rings is 2. The summed E-state index contributed by atoms with van der Waals surface area (Å²) in [5.74, 6) is 0.160. The molecule has 36 heavy (non-hydrogen) atoms. The fourth-order valence-corrected chi connectivity index (χ4v) is 6.49. The van der Waals surface area contributed by atoms with E-state index in [0.29, 0.717) is 18.6 Å².